The van der Waals surface area contributed by atoms with Crippen molar-refractivity contribution >= 4 is 0 Å². The Balaban J connectivity index is 0. The van der Waals surface area contributed by atoms with Crippen LogP contribution in [0.3, 0.4) is 0 Å². The van der Waals surface area contributed by atoms with E-state index in [4.69, 9.17) is 0 Å². The largest absolute Gasteiger partial charge is 0.103 e. The zero-order chi connectivity index (χ0) is 16.7. The number of hydrogen-bond acceptors (Lipinski definition) is 0. The van der Waals surface area contributed by atoms with Crippen LogP contribution in [0.5, 0.6) is 0 Å². The summed E-state index contributed by atoms with van der Waals surface area (Å²) in [4.78, 5) is 0. The Morgan fingerprint density at radius 1 is 0.455 bits per heavy atom. The third-order valence-electron chi connectivity index (χ3n) is 4.22. The van der Waals surface area contributed by atoms with E-state index in [0.717, 1.165) is 0 Å². The van der Waals surface area contributed by atoms with Gasteiger partial charge in [-0.15, -0.1) is 6.58 Å². The number of rotatable bonds is 16. The quantitative estimate of drug-likeness (QED) is 0.197. The van der Waals surface area contributed by atoms with Crippen LogP contribution < -0.4 is 0 Å². The average molecular weight is 311 g/mol. The Bertz CT molecular complexity index is 163. The maximum atomic E-state index is 3.71. The molecule has 0 spiro atoms. The second-order valence-electron chi connectivity index (χ2n) is 6.67. The summed E-state index contributed by atoms with van der Waals surface area (Å²) < 4.78 is 0. The lowest BCUT2D eigenvalue weighted by molar-refractivity contribution is 0.572. The van der Waals surface area contributed by atoms with Crippen LogP contribution >= 0.6 is 0 Å². The molecule has 0 bridgehead atoms. The molecule has 0 aromatic rings. The van der Waals surface area contributed by atoms with Gasteiger partial charge in [-0.25, -0.2) is 0 Å². The lowest BCUT2D eigenvalue weighted by atomic mass is 10.1. The Morgan fingerprint density at radius 3 is 1.00 bits per heavy atom. The molecule has 134 valence electrons. The smallest absolute Gasteiger partial charge is 0.0353 e. The highest BCUT2D eigenvalue weighted by Crippen LogP contribution is 2.09. The standard InChI is InChI=1S/C11H24.C11H22/c2*1-3-5-7-9-11-10-8-6-4-2/h3-11H2,1-2H3;3H,1,4-11H2,2H3. The highest BCUT2D eigenvalue weighted by molar-refractivity contribution is 4.65. The molecule has 0 nitrogen and oxygen atoms in total. The van der Waals surface area contributed by atoms with Crippen LogP contribution in [0, 0.1) is 0 Å². The van der Waals surface area contributed by atoms with Crippen LogP contribution in [0.1, 0.15) is 130 Å². The molecule has 0 aliphatic heterocycles. The molecule has 0 unspecified atom stereocenters. The van der Waals surface area contributed by atoms with Crippen LogP contribution in [0.4, 0.5) is 0 Å². The maximum absolute atomic E-state index is 3.71. The van der Waals surface area contributed by atoms with E-state index in [2.05, 4.69) is 27.4 Å². The van der Waals surface area contributed by atoms with Crippen molar-refractivity contribution < 1.29 is 0 Å². The van der Waals surface area contributed by atoms with Crippen LogP contribution in [-0.2, 0) is 0 Å². The zero-order valence-corrected chi connectivity index (χ0v) is 16.3. The summed E-state index contributed by atoms with van der Waals surface area (Å²) in [6.07, 6.45) is 26.0. The second-order valence-corrected chi connectivity index (χ2v) is 6.67. The topological polar surface area (TPSA) is 0 Å². The van der Waals surface area contributed by atoms with Gasteiger partial charge < -0.3 is 0 Å². The van der Waals surface area contributed by atoms with Crippen molar-refractivity contribution in [2.45, 2.75) is 130 Å². The molecule has 0 heterocycles. The number of allylic oxidation sites excluding steroid dienone is 1. The molecule has 0 radical (unpaired) electrons. The fourth-order valence-corrected chi connectivity index (χ4v) is 2.63. The lowest BCUT2D eigenvalue weighted by Gasteiger charge is -1.98. The molecule has 0 aromatic heterocycles. The normalized spacial score (nSPS) is 10.1. The molecule has 0 heteroatoms. The molecule has 0 rings (SSSR count). The summed E-state index contributed by atoms with van der Waals surface area (Å²) in [5.41, 5.74) is 0. The summed E-state index contributed by atoms with van der Waals surface area (Å²) in [6, 6.07) is 0. The third kappa shape index (κ3) is 28.0. The van der Waals surface area contributed by atoms with Crippen molar-refractivity contribution in [2.75, 3.05) is 0 Å². The third-order valence-corrected chi connectivity index (χ3v) is 4.22. The van der Waals surface area contributed by atoms with Crippen molar-refractivity contribution in [3.63, 3.8) is 0 Å². The molecule has 0 atom stereocenters. The molecular formula is C22H46. The first-order valence-electron chi connectivity index (χ1n) is 10.4. The van der Waals surface area contributed by atoms with Crippen LogP contribution in [-0.4, -0.2) is 0 Å². The zero-order valence-electron chi connectivity index (χ0n) is 16.3. The van der Waals surface area contributed by atoms with Gasteiger partial charge in [-0.05, 0) is 12.8 Å². The highest BCUT2D eigenvalue weighted by Gasteiger charge is 1.89. The molecule has 0 fully saturated rings. The van der Waals surface area contributed by atoms with Crippen molar-refractivity contribution in [3.05, 3.63) is 12.7 Å². The summed E-state index contributed by atoms with van der Waals surface area (Å²) >= 11 is 0. The number of hydrogen-bond donors (Lipinski definition) is 0. The van der Waals surface area contributed by atoms with Gasteiger partial charge >= 0.3 is 0 Å². The molecular weight excluding hydrogens is 264 g/mol. The van der Waals surface area contributed by atoms with Gasteiger partial charge in [0, 0.05) is 0 Å². The van der Waals surface area contributed by atoms with Gasteiger partial charge in [0.2, 0.25) is 0 Å². The Morgan fingerprint density at radius 2 is 0.727 bits per heavy atom. The van der Waals surface area contributed by atoms with Crippen molar-refractivity contribution in [3.8, 4) is 0 Å². The molecule has 0 aliphatic rings. The van der Waals surface area contributed by atoms with Crippen LogP contribution in [0.15, 0.2) is 12.7 Å². The lowest BCUT2D eigenvalue weighted by Crippen LogP contribution is -1.79. The van der Waals surface area contributed by atoms with Gasteiger partial charge in [0.05, 0.1) is 0 Å². The van der Waals surface area contributed by atoms with E-state index in [1.54, 1.807) is 0 Å². The Hall–Kier alpha value is -0.260. The van der Waals surface area contributed by atoms with Gasteiger partial charge in [-0.3, -0.25) is 0 Å². The summed E-state index contributed by atoms with van der Waals surface area (Å²) in [5.74, 6) is 0. The minimum atomic E-state index is 1.20. The van der Waals surface area contributed by atoms with E-state index in [9.17, 15) is 0 Å². The highest BCUT2D eigenvalue weighted by atomic mass is 14.0. The molecule has 0 aromatic carbocycles. The summed E-state index contributed by atoms with van der Waals surface area (Å²) in [6.45, 7) is 10.5. The van der Waals surface area contributed by atoms with Gasteiger partial charge in [-0.1, -0.05) is 123 Å². The van der Waals surface area contributed by atoms with Crippen molar-refractivity contribution in [1.29, 1.82) is 0 Å². The first-order valence-corrected chi connectivity index (χ1v) is 10.4. The van der Waals surface area contributed by atoms with E-state index in [-0.39, 0.29) is 0 Å². The molecule has 0 amide bonds. The van der Waals surface area contributed by atoms with Gasteiger partial charge in [-0.2, -0.15) is 0 Å². The predicted octanol–water partition coefficient (Wildman–Crippen LogP) is 8.85. The van der Waals surface area contributed by atoms with E-state index < -0.39 is 0 Å². The fourth-order valence-electron chi connectivity index (χ4n) is 2.63. The summed E-state index contributed by atoms with van der Waals surface area (Å²) in [5, 5.41) is 0. The van der Waals surface area contributed by atoms with E-state index >= 15 is 0 Å². The SMILES string of the molecule is C=CCCCCCCCCC.CCCCCCCCCCC. The first kappa shape index (κ1) is 24.0. The molecule has 0 saturated carbocycles. The van der Waals surface area contributed by atoms with E-state index in [0.29, 0.717) is 0 Å². The van der Waals surface area contributed by atoms with E-state index in [1.165, 1.54) is 109 Å². The first-order chi connectivity index (χ1) is 10.8. The molecule has 0 saturated heterocycles. The molecule has 22 heavy (non-hydrogen) atoms. The Labute approximate surface area is 143 Å². The summed E-state index contributed by atoms with van der Waals surface area (Å²) in [7, 11) is 0. The number of unbranched alkanes of at least 4 members (excludes halogenated alkanes) is 15. The monoisotopic (exact) mass is 310 g/mol. The molecule has 0 aliphatic carbocycles. The van der Waals surface area contributed by atoms with Crippen molar-refractivity contribution in [2.24, 2.45) is 0 Å². The van der Waals surface area contributed by atoms with Gasteiger partial charge in [0.15, 0.2) is 0 Å². The average Bonchev–Trinajstić information content (AvgIpc) is 2.54. The second kappa shape index (κ2) is 25.7. The van der Waals surface area contributed by atoms with Crippen molar-refractivity contribution in [1.82, 2.24) is 0 Å². The van der Waals surface area contributed by atoms with Crippen LogP contribution in [0.2, 0.25) is 0 Å². The predicted molar refractivity (Wildman–Crippen MR) is 106 cm³/mol. The van der Waals surface area contributed by atoms with Gasteiger partial charge in [0.25, 0.3) is 0 Å². The fraction of sp³-hybridized carbons (Fsp3) is 0.909. The van der Waals surface area contributed by atoms with Crippen LogP contribution in [0.25, 0.3) is 0 Å². The molecule has 0 N–H and O–H groups in total. The van der Waals surface area contributed by atoms with Gasteiger partial charge in [0.1, 0.15) is 0 Å². The minimum Gasteiger partial charge on any atom is -0.103 e. The Kier molecular flexibility index (Phi) is 28.0. The maximum Gasteiger partial charge on any atom is -0.0353 e. The van der Waals surface area contributed by atoms with E-state index in [1.807, 2.05) is 6.08 Å². The minimum absolute atomic E-state index is 1.20.